The number of likely N-dealkylation sites (N-methyl/N-ethyl adjacent to an activating group) is 1. The maximum absolute atomic E-state index is 13.1. The molecule has 1 amide bonds. The van der Waals surface area contributed by atoms with Crippen LogP contribution in [-0.2, 0) is 21.2 Å². The summed E-state index contributed by atoms with van der Waals surface area (Å²) >= 11 is 0. The van der Waals surface area contributed by atoms with Crippen LogP contribution in [0.15, 0.2) is 41.3 Å². The van der Waals surface area contributed by atoms with Crippen LogP contribution in [0.5, 0.6) is 11.5 Å². The van der Waals surface area contributed by atoms with E-state index in [-0.39, 0.29) is 16.7 Å². The van der Waals surface area contributed by atoms with Gasteiger partial charge in [-0.1, -0.05) is 6.07 Å². The first-order valence-corrected chi connectivity index (χ1v) is 12.7. The van der Waals surface area contributed by atoms with Crippen molar-refractivity contribution in [3.8, 4) is 11.5 Å². The highest BCUT2D eigenvalue weighted by Gasteiger charge is 2.33. The fourth-order valence-corrected chi connectivity index (χ4v) is 6.07. The lowest BCUT2D eigenvalue weighted by atomic mass is 9.97. The molecule has 0 bridgehead atoms. The zero-order chi connectivity index (χ0) is 23.6. The van der Waals surface area contributed by atoms with Crippen LogP contribution < -0.4 is 19.7 Å². The van der Waals surface area contributed by atoms with E-state index in [0.29, 0.717) is 37.4 Å². The molecule has 0 radical (unpaired) electrons. The molecule has 2 aromatic carbocycles. The Bertz CT molecular complexity index is 1130. The number of hydrogen-bond acceptors (Lipinski definition) is 6. The number of methoxy groups -OCH3 is 2. The molecule has 0 unspecified atom stereocenters. The summed E-state index contributed by atoms with van der Waals surface area (Å²) in [6, 6.07) is 10.7. The highest BCUT2D eigenvalue weighted by molar-refractivity contribution is 7.89. The van der Waals surface area contributed by atoms with Crippen LogP contribution >= 0.6 is 0 Å². The fourth-order valence-electron chi connectivity index (χ4n) is 4.58. The van der Waals surface area contributed by atoms with Gasteiger partial charge in [-0.2, -0.15) is 4.31 Å². The minimum absolute atomic E-state index is 0.0563. The number of fused-ring (bicyclic) bond motifs is 1. The monoisotopic (exact) mass is 473 g/mol. The van der Waals surface area contributed by atoms with Crippen LogP contribution in [0.3, 0.4) is 0 Å². The second kappa shape index (κ2) is 9.61. The van der Waals surface area contributed by atoms with Crippen LogP contribution in [0.1, 0.15) is 25.3 Å². The standard InChI is InChI=1S/C24H31N3O5S/c1-4-26-12-9-17-5-6-19(15-21(17)26)25-24(28)18-10-13-27(14-11-18)33(29,30)20-7-8-22(31-2)23(16-20)32-3/h5-8,15-16,18H,4,9-14H2,1-3H3,(H,25,28). The van der Waals surface area contributed by atoms with E-state index in [9.17, 15) is 13.2 Å². The molecule has 178 valence electrons. The van der Waals surface area contributed by atoms with Gasteiger partial charge in [0, 0.05) is 49.5 Å². The normalized spacial score (nSPS) is 17.0. The number of hydrogen-bond donors (Lipinski definition) is 1. The van der Waals surface area contributed by atoms with Gasteiger partial charge >= 0.3 is 0 Å². The van der Waals surface area contributed by atoms with Gasteiger partial charge in [-0.25, -0.2) is 8.42 Å². The number of piperidine rings is 1. The molecule has 1 saturated heterocycles. The number of carbonyl (C=O) groups is 1. The van der Waals surface area contributed by atoms with E-state index in [0.717, 1.165) is 25.2 Å². The lowest BCUT2D eigenvalue weighted by Crippen LogP contribution is -2.41. The van der Waals surface area contributed by atoms with Gasteiger partial charge in [0.2, 0.25) is 15.9 Å². The smallest absolute Gasteiger partial charge is 0.243 e. The number of amides is 1. The summed E-state index contributed by atoms with van der Waals surface area (Å²) in [6.45, 7) is 4.67. The second-order valence-corrected chi connectivity index (χ2v) is 10.3. The molecule has 0 atom stereocenters. The second-order valence-electron chi connectivity index (χ2n) is 8.36. The Morgan fingerprint density at radius 1 is 1.03 bits per heavy atom. The number of rotatable bonds is 7. The first-order valence-electron chi connectivity index (χ1n) is 11.3. The first-order chi connectivity index (χ1) is 15.9. The molecule has 1 fully saturated rings. The minimum Gasteiger partial charge on any atom is -0.493 e. The van der Waals surface area contributed by atoms with E-state index in [4.69, 9.17) is 9.47 Å². The molecule has 0 saturated carbocycles. The van der Waals surface area contributed by atoms with Crippen molar-refractivity contribution in [1.82, 2.24) is 4.31 Å². The molecular weight excluding hydrogens is 442 g/mol. The molecule has 4 rings (SSSR count). The summed E-state index contributed by atoms with van der Waals surface area (Å²) in [5.41, 5.74) is 3.29. The Kier molecular flexibility index (Phi) is 6.81. The predicted octanol–water partition coefficient (Wildman–Crippen LogP) is 3.13. The Labute approximate surface area is 195 Å². The number of nitrogens with one attached hydrogen (secondary N) is 1. The first kappa shape index (κ1) is 23.4. The summed E-state index contributed by atoms with van der Waals surface area (Å²) < 4.78 is 38.1. The van der Waals surface area contributed by atoms with Crippen molar-refractivity contribution in [3.63, 3.8) is 0 Å². The molecule has 0 aliphatic carbocycles. The van der Waals surface area contributed by atoms with E-state index in [1.165, 1.54) is 41.9 Å². The SMILES string of the molecule is CCN1CCc2ccc(NC(=O)C3CCN(S(=O)(=O)c4ccc(OC)c(OC)c4)CC3)cc21. The number of nitrogens with zero attached hydrogens (tertiary/aromatic N) is 2. The van der Waals surface area contributed by atoms with Crippen LogP contribution in [0, 0.1) is 5.92 Å². The number of anilines is 2. The fraction of sp³-hybridized carbons (Fsp3) is 0.458. The molecule has 0 aromatic heterocycles. The summed E-state index contributed by atoms with van der Waals surface area (Å²) in [5, 5.41) is 3.03. The molecule has 2 aliphatic heterocycles. The topological polar surface area (TPSA) is 88.2 Å². The van der Waals surface area contributed by atoms with E-state index >= 15 is 0 Å². The van der Waals surface area contributed by atoms with Gasteiger partial charge in [0.1, 0.15) is 0 Å². The number of sulfonamides is 1. The Morgan fingerprint density at radius 2 is 1.76 bits per heavy atom. The minimum atomic E-state index is -3.68. The Balaban J connectivity index is 1.39. The molecule has 8 nitrogen and oxygen atoms in total. The molecule has 2 heterocycles. The van der Waals surface area contributed by atoms with Gasteiger partial charge in [0.05, 0.1) is 19.1 Å². The van der Waals surface area contributed by atoms with Crippen LogP contribution in [0.25, 0.3) is 0 Å². The summed E-state index contributed by atoms with van der Waals surface area (Å²) in [5.74, 6) is 0.556. The van der Waals surface area contributed by atoms with Gasteiger partial charge in [0.15, 0.2) is 11.5 Å². The number of ether oxygens (including phenoxy) is 2. The number of benzene rings is 2. The van der Waals surface area contributed by atoms with Gasteiger partial charge < -0.3 is 19.7 Å². The van der Waals surface area contributed by atoms with E-state index in [1.54, 1.807) is 6.07 Å². The van der Waals surface area contributed by atoms with Crippen molar-refractivity contribution in [2.75, 3.05) is 50.6 Å². The average molecular weight is 474 g/mol. The molecule has 1 N–H and O–H groups in total. The maximum atomic E-state index is 13.1. The molecule has 9 heteroatoms. The lowest BCUT2D eigenvalue weighted by Gasteiger charge is -2.30. The van der Waals surface area contributed by atoms with Gasteiger partial charge in [-0.05, 0) is 56.0 Å². The summed E-state index contributed by atoms with van der Waals surface area (Å²) in [4.78, 5) is 15.3. The third kappa shape index (κ3) is 4.65. The van der Waals surface area contributed by atoms with E-state index in [2.05, 4.69) is 23.2 Å². The van der Waals surface area contributed by atoms with Crippen LogP contribution in [0.4, 0.5) is 11.4 Å². The zero-order valence-corrected chi connectivity index (χ0v) is 20.2. The van der Waals surface area contributed by atoms with Crippen molar-refractivity contribution >= 4 is 27.3 Å². The van der Waals surface area contributed by atoms with Crippen molar-refractivity contribution < 1.29 is 22.7 Å². The van der Waals surface area contributed by atoms with Crippen LogP contribution in [0.2, 0.25) is 0 Å². The van der Waals surface area contributed by atoms with Gasteiger partial charge in [-0.3, -0.25) is 4.79 Å². The molecule has 33 heavy (non-hydrogen) atoms. The van der Waals surface area contributed by atoms with Crippen molar-refractivity contribution in [1.29, 1.82) is 0 Å². The number of carbonyl (C=O) groups excluding carboxylic acids is 1. The maximum Gasteiger partial charge on any atom is 0.243 e. The van der Waals surface area contributed by atoms with Gasteiger partial charge in [-0.15, -0.1) is 0 Å². The summed E-state index contributed by atoms with van der Waals surface area (Å²) in [7, 11) is -0.707. The highest BCUT2D eigenvalue weighted by atomic mass is 32.2. The van der Waals surface area contributed by atoms with Crippen molar-refractivity contribution in [2.45, 2.75) is 31.1 Å². The predicted molar refractivity (Wildman–Crippen MR) is 128 cm³/mol. The largest absolute Gasteiger partial charge is 0.493 e. The van der Waals surface area contributed by atoms with Crippen LogP contribution in [-0.4, -0.2) is 59.0 Å². The average Bonchev–Trinajstić information content (AvgIpc) is 3.26. The van der Waals surface area contributed by atoms with E-state index < -0.39 is 10.0 Å². The summed E-state index contributed by atoms with van der Waals surface area (Å²) in [6.07, 6.45) is 1.99. The van der Waals surface area contributed by atoms with E-state index in [1.807, 2.05) is 12.1 Å². The lowest BCUT2D eigenvalue weighted by molar-refractivity contribution is -0.120. The molecular formula is C24H31N3O5S. The quantitative estimate of drug-likeness (QED) is 0.665. The van der Waals surface area contributed by atoms with Crippen molar-refractivity contribution in [2.24, 2.45) is 5.92 Å². The molecule has 2 aliphatic rings. The molecule has 2 aromatic rings. The zero-order valence-electron chi connectivity index (χ0n) is 19.3. The molecule has 0 spiro atoms. The van der Waals surface area contributed by atoms with Crippen molar-refractivity contribution in [3.05, 3.63) is 42.0 Å². The third-order valence-corrected chi connectivity index (χ3v) is 8.44. The Morgan fingerprint density at radius 3 is 2.42 bits per heavy atom. The van der Waals surface area contributed by atoms with Gasteiger partial charge in [0.25, 0.3) is 0 Å². The highest BCUT2D eigenvalue weighted by Crippen LogP contribution is 2.33. The third-order valence-electron chi connectivity index (χ3n) is 6.54. The Hall–Kier alpha value is -2.78.